The molecule has 1 aromatic carbocycles. The normalized spacial score (nSPS) is 20.2. The lowest BCUT2D eigenvalue weighted by Gasteiger charge is -2.42. The van der Waals surface area contributed by atoms with Gasteiger partial charge in [0.25, 0.3) is 0 Å². The monoisotopic (exact) mass is 311 g/mol. The van der Waals surface area contributed by atoms with Gasteiger partial charge in [0.2, 0.25) is 0 Å². The summed E-state index contributed by atoms with van der Waals surface area (Å²) >= 11 is 6.07. The third-order valence-corrected chi connectivity index (χ3v) is 4.90. The largest absolute Gasteiger partial charge is 0.496 e. The summed E-state index contributed by atoms with van der Waals surface area (Å²) in [4.78, 5) is 0. The van der Waals surface area contributed by atoms with Crippen LogP contribution in [0.4, 0.5) is 0 Å². The topological polar surface area (TPSA) is 44.5 Å². The summed E-state index contributed by atoms with van der Waals surface area (Å²) in [6, 6.07) is 5.60. The fourth-order valence-corrected chi connectivity index (χ4v) is 3.08. The van der Waals surface area contributed by atoms with E-state index in [0.29, 0.717) is 23.6 Å². The molecule has 0 aliphatic heterocycles. The average molecular weight is 312 g/mol. The maximum Gasteiger partial charge on any atom is 0.124 e. The quantitative estimate of drug-likeness (QED) is 0.888. The Morgan fingerprint density at radius 1 is 1.19 bits per heavy atom. The van der Waals surface area contributed by atoms with Gasteiger partial charge in [-0.05, 0) is 49.3 Å². The van der Waals surface area contributed by atoms with Gasteiger partial charge < -0.3 is 15.2 Å². The molecule has 3 nitrogen and oxygen atoms in total. The Bertz CT molecular complexity index is 478. The van der Waals surface area contributed by atoms with Crippen LogP contribution in [-0.4, -0.2) is 19.3 Å². The molecule has 1 aliphatic rings. The fourth-order valence-electron chi connectivity index (χ4n) is 2.88. The molecule has 4 heteroatoms. The van der Waals surface area contributed by atoms with Gasteiger partial charge >= 0.3 is 0 Å². The molecule has 0 amide bonds. The first-order chi connectivity index (χ1) is 9.90. The Morgan fingerprint density at radius 2 is 1.86 bits per heavy atom. The molecule has 0 unspecified atom stereocenters. The van der Waals surface area contributed by atoms with Crippen LogP contribution in [0.25, 0.3) is 0 Å². The lowest BCUT2D eigenvalue weighted by atomic mass is 9.71. The van der Waals surface area contributed by atoms with Gasteiger partial charge in [0.05, 0.1) is 19.3 Å². The summed E-state index contributed by atoms with van der Waals surface area (Å²) in [6.07, 6.45) is 4.33. The molecule has 0 spiro atoms. The molecule has 0 bridgehead atoms. The third-order valence-electron chi connectivity index (χ3n) is 4.66. The average Bonchev–Trinajstić information content (AvgIpc) is 2.47. The molecule has 1 aliphatic carbocycles. The maximum atomic E-state index is 6.23. The number of benzene rings is 1. The summed E-state index contributed by atoms with van der Waals surface area (Å²) in [5.41, 5.74) is 7.18. The highest BCUT2D eigenvalue weighted by Gasteiger charge is 2.38. The van der Waals surface area contributed by atoms with Crippen molar-refractivity contribution in [2.75, 3.05) is 13.7 Å². The number of hydrogen-bond donors (Lipinski definition) is 1. The lowest BCUT2D eigenvalue weighted by Crippen LogP contribution is -2.45. The van der Waals surface area contributed by atoms with Gasteiger partial charge in [-0.3, -0.25) is 0 Å². The molecule has 0 aromatic heterocycles. The first kappa shape index (κ1) is 16.6. The highest BCUT2D eigenvalue weighted by Crippen LogP contribution is 2.42. The zero-order valence-corrected chi connectivity index (χ0v) is 14.0. The third kappa shape index (κ3) is 4.12. The summed E-state index contributed by atoms with van der Waals surface area (Å²) in [5, 5.41) is 0.695. The SMILES string of the molecule is COc1ccc(Cl)cc1COC1(CN)CCC(C)(C)CC1. The van der Waals surface area contributed by atoms with Crippen LogP contribution < -0.4 is 10.5 Å². The van der Waals surface area contributed by atoms with Crippen molar-refractivity contribution in [2.24, 2.45) is 11.1 Å². The Kier molecular flexibility index (Phi) is 5.18. The van der Waals surface area contributed by atoms with Crippen molar-refractivity contribution in [1.82, 2.24) is 0 Å². The van der Waals surface area contributed by atoms with Gasteiger partial charge in [-0.15, -0.1) is 0 Å². The summed E-state index contributed by atoms with van der Waals surface area (Å²) < 4.78 is 11.6. The van der Waals surface area contributed by atoms with Gasteiger partial charge in [-0.2, -0.15) is 0 Å². The van der Waals surface area contributed by atoms with E-state index < -0.39 is 0 Å². The molecule has 2 rings (SSSR count). The molecule has 118 valence electrons. The van der Waals surface area contributed by atoms with Crippen molar-refractivity contribution in [2.45, 2.75) is 51.7 Å². The van der Waals surface area contributed by atoms with Crippen LogP contribution in [0.15, 0.2) is 18.2 Å². The standard InChI is InChI=1S/C17H26ClNO2/c1-16(2)6-8-17(12-19,9-7-16)21-11-13-10-14(18)4-5-15(13)20-3/h4-5,10H,6-9,11-12,19H2,1-3H3. The number of nitrogens with two attached hydrogens (primary N) is 1. The van der Waals surface area contributed by atoms with E-state index in [1.807, 2.05) is 18.2 Å². The van der Waals surface area contributed by atoms with Crippen LogP contribution in [0.2, 0.25) is 5.02 Å². The molecule has 0 atom stereocenters. The summed E-state index contributed by atoms with van der Waals surface area (Å²) in [6.45, 7) is 5.67. The first-order valence-electron chi connectivity index (χ1n) is 7.56. The van der Waals surface area contributed by atoms with Crippen LogP contribution in [0.5, 0.6) is 5.75 Å². The van der Waals surface area contributed by atoms with Crippen LogP contribution in [0.3, 0.4) is 0 Å². The Hall–Kier alpha value is -0.770. The van der Waals surface area contributed by atoms with E-state index in [2.05, 4.69) is 13.8 Å². The minimum absolute atomic E-state index is 0.206. The van der Waals surface area contributed by atoms with Gasteiger partial charge in [-0.25, -0.2) is 0 Å². The van der Waals surface area contributed by atoms with Crippen molar-refractivity contribution in [3.8, 4) is 5.75 Å². The van der Waals surface area contributed by atoms with Crippen molar-refractivity contribution < 1.29 is 9.47 Å². The number of rotatable bonds is 5. The van der Waals surface area contributed by atoms with E-state index in [4.69, 9.17) is 26.8 Å². The van der Waals surface area contributed by atoms with E-state index >= 15 is 0 Å². The summed E-state index contributed by atoms with van der Waals surface area (Å²) in [7, 11) is 1.66. The second kappa shape index (κ2) is 6.55. The van der Waals surface area contributed by atoms with Crippen molar-refractivity contribution >= 4 is 11.6 Å². The first-order valence-corrected chi connectivity index (χ1v) is 7.94. The molecular formula is C17H26ClNO2. The number of ether oxygens (including phenoxy) is 2. The van der Waals surface area contributed by atoms with E-state index in [1.54, 1.807) is 7.11 Å². The molecule has 0 radical (unpaired) electrons. The second-order valence-electron chi connectivity index (χ2n) is 6.80. The molecule has 0 saturated heterocycles. The summed E-state index contributed by atoms with van der Waals surface area (Å²) in [5.74, 6) is 0.808. The van der Waals surface area contributed by atoms with Crippen LogP contribution in [0.1, 0.15) is 45.1 Å². The predicted molar refractivity (Wildman–Crippen MR) is 86.8 cm³/mol. The van der Waals surface area contributed by atoms with Crippen LogP contribution >= 0.6 is 11.6 Å². The predicted octanol–water partition coefficient (Wildman–Crippen LogP) is 4.16. The molecule has 2 N–H and O–H groups in total. The highest BCUT2D eigenvalue weighted by molar-refractivity contribution is 6.30. The second-order valence-corrected chi connectivity index (χ2v) is 7.23. The Labute approximate surface area is 132 Å². The van der Waals surface area contributed by atoms with Crippen LogP contribution in [0, 0.1) is 5.41 Å². The molecule has 0 heterocycles. The molecule has 1 saturated carbocycles. The smallest absolute Gasteiger partial charge is 0.124 e. The zero-order valence-electron chi connectivity index (χ0n) is 13.2. The van der Waals surface area contributed by atoms with Crippen molar-refractivity contribution in [3.63, 3.8) is 0 Å². The van der Waals surface area contributed by atoms with Crippen LogP contribution in [-0.2, 0) is 11.3 Å². The van der Waals surface area contributed by atoms with Crippen molar-refractivity contribution in [3.05, 3.63) is 28.8 Å². The molecule has 1 aromatic rings. The minimum Gasteiger partial charge on any atom is -0.496 e. The lowest BCUT2D eigenvalue weighted by molar-refractivity contribution is -0.0907. The highest BCUT2D eigenvalue weighted by atomic mass is 35.5. The van der Waals surface area contributed by atoms with E-state index in [1.165, 1.54) is 0 Å². The van der Waals surface area contributed by atoms with Crippen molar-refractivity contribution in [1.29, 1.82) is 0 Å². The molecular weight excluding hydrogens is 286 g/mol. The van der Waals surface area contributed by atoms with E-state index in [-0.39, 0.29) is 5.60 Å². The minimum atomic E-state index is -0.206. The Balaban J connectivity index is 2.05. The zero-order chi connectivity index (χ0) is 15.5. The Morgan fingerprint density at radius 3 is 2.43 bits per heavy atom. The van der Waals surface area contributed by atoms with E-state index in [9.17, 15) is 0 Å². The van der Waals surface area contributed by atoms with Gasteiger partial charge in [0.1, 0.15) is 5.75 Å². The number of hydrogen-bond acceptors (Lipinski definition) is 3. The molecule has 1 fully saturated rings. The maximum absolute atomic E-state index is 6.23. The fraction of sp³-hybridized carbons (Fsp3) is 0.647. The van der Waals surface area contributed by atoms with E-state index in [0.717, 1.165) is 37.0 Å². The number of methoxy groups -OCH3 is 1. The number of halogens is 1. The van der Waals surface area contributed by atoms with Gasteiger partial charge in [0.15, 0.2) is 0 Å². The molecule has 21 heavy (non-hydrogen) atoms. The van der Waals surface area contributed by atoms with Gasteiger partial charge in [-0.1, -0.05) is 25.4 Å². The van der Waals surface area contributed by atoms with Gasteiger partial charge in [0, 0.05) is 17.1 Å².